The van der Waals surface area contributed by atoms with Crippen LogP contribution in [0.5, 0.6) is 0 Å². The van der Waals surface area contributed by atoms with Crippen LogP contribution in [0, 0.1) is 0 Å². The quantitative estimate of drug-likeness (QED) is 0.565. The van der Waals surface area contributed by atoms with Crippen LogP contribution in [0.1, 0.15) is 26.3 Å². The van der Waals surface area contributed by atoms with Gasteiger partial charge in [-0.1, -0.05) is 36.4 Å². The molecule has 4 rings (SSSR count). The molecule has 1 aliphatic carbocycles. The van der Waals surface area contributed by atoms with Crippen LogP contribution in [0.25, 0.3) is 21.8 Å². The molecule has 4 nitrogen and oxygen atoms in total. The normalized spacial score (nSPS) is 20.8. The standard InChI is InChI=1S/C19H22NO3P/c1-3-22-24(21,23-4-2)19-13-18(19)20-16-11-7-5-9-14(16)15-10-6-8-12-17(15)20/h5-12,18-19H,3-4,13H2,1-2H3/t18-,19-/m0/s1. The van der Waals surface area contributed by atoms with Gasteiger partial charge in [0.15, 0.2) is 0 Å². The fourth-order valence-corrected chi connectivity index (χ4v) is 5.89. The van der Waals surface area contributed by atoms with Gasteiger partial charge in [0.2, 0.25) is 0 Å². The second-order valence-electron chi connectivity index (χ2n) is 6.15. The van der Waals surface area contributed by atoms with Crippen molar-refractivity contribution in [3.05, 3.63) is 48.5 Å². The second-order valence-corrected chi connectivity index (χ2v) is 8.41. The Hall–Kier alpha value is -1.61. The van der Waals surface area contributed by atoms with Crippen LogP contribution < -0.4 is 0 Å². The van der Waals surface area contributed by atoms with E-state index >= 15 is 0 Å². The Morgan fingerprint density at radius 1 is 0.958 bits per heavy atom. The van der Waals surface area contributed by atoms with E-state index in [0.29, 0.717) is 13.2 Å². The maximum atomic E-state index is 13.1. The minimum atomic E-state index is -3.05. The van der Waals surface area contributed by atoms with Crippen molar-refractivity contribution in [2.45, 2.75) is 32.0 Å². The summed E-state index contributed by atoms with van der Waals surface area (Å²) in [6.45, 7) is 4.55. The maximum Gasteiger partial charge on any atom is 0.335 e. The molecular formula is C19H22NO3P. The molecule has 0 spiro atoms. The Balaban J connectivity index is 1.82. The van der Waals surface area contributed by atoms with E-state index in [2.05, 4.69) is 53.1 Å². The lowest BCUT2D eigenvalue weighted by atomic mass is 10.2. The van der Waals surface area contributed by atoms with E-state index in [1.807, 2.05) is 13.8 Å². The highest BCUT2D eigenvalue weighted by molar-refractivity contribution is 7.55. The first-order valence-corrected chi connectivity index (χ1v) is 10.2. The Bertz CT molecular complexity index is 869. The Kier molecular flexibility index (Phi) is 4.00. The topological polar surface area (TPSA) is 40.5 Å². The van der Waals surface area contributed by atoms with Gasteiger partial charge in [0.1, 0.15) is 0 Å². The lowest BCUT2D eigenvalue weighted by Gasteiger charge is -2.17. The molecular weight excluding hydrogens is 321 g/mol. The lowest BCUT2D eigenvalue weighted by molar-refractivity contribution is 0.218. The highest BCUT2D eigenvalue weighted by atomic mass is 31.2. The Morgan fingerprint density at radius 3 is 1.96 bits per heavy atom. The van der Waals surface area contributed by atoms with Crippen molar-refractivity contribution in [2.75, 3.05) is 13.2 Å². The molecule has 1 aliphatic rings. The smallest absolute Gasteiger partial charge is 0.335 e. The largest absolute Gasteiger partial charge is 0.336 e. The molecule has 1 aromatic heterocycles. The molecule has 126 valence electrons. The van der Waals surface area contributed by atoms with Crippen LogP contribution in [-0.2, 0) is 13.6 Å². The van der Waals surface area contributed by atoms with Crippen LogP contribution in [0.2, 0.25) is 0 Å². The number of fused-ring (bicyclic) bond motifs is 3. The molecule has 0 saturated heterocycles. The van der Waals surface area contributed by atoms with Crippen LogP contribution >= 0.6 is 7.60 Å². The summed E-state index contributed by atoms with van der Waals surface area (Å²) in [5, 5.41) is 2.47. The number of nitrogens with zero attached hydrogens (tertiary/aromatic N) is 1. The first-order chi connectivity index (χ1) is 11.7. The fourth-order valence-electron chi connectivity index (χ4n) is 3.68. The summed E-state index contributed by atoms with van der Waals surface area (Å²) >= 11 is 0. The number of hydrogen-bond donors (Lipinski definition) is 0. The SMILES string of the molecule is CCOP(=O)(OCC)[C@H]1C[C@@H]1n1c2ccccc2c2ccccc21. The van der Waals surface area contributed by atoms with Crippen LogP contribution in [-0.4, -0.2) is 23.4 Å². The van der Waals surface area contributed by atoms with Crippen molar-refractivity contribution in [3.63, 3.8) is 0 Å². The minimum absolute atomic E-state index is 0.0587. The molecule has 0 aliphatic heterocycles. The van der Waals surface area contributed by atoms with E-state index in [1.165, 1.54) is 21.8 Å². The van der Waals surface area contributed by atoms with Crippen molar-refractivity contribution in [3.8, 4) is 0 Å². The zero-order valence-corrected chi connectivity index (χ0v) is 14.9. The average molecular weight is 343 g/mol. The zero-order chi connectivity index (χ0) is 16.7. The predicted octanol–water partition coefficient (Wildman–Crippen LogP) is 5.37. The van der Waals surface area contributed by atoms with Crippen molar-refractivity contribution in [1.29, 1.82) is 0 Å². The summed E-state index contributed by atoms with van der Waals surface area (Å²) in [5.74, 6) is 0. The Labute approximate surface area is 141 Å². The molecule has 0 bridgehead atoms. The third-order valence-corrected chi connectivity index (χ3v) is 7.30. The first-order valence-electron chi connectivity index (χ1n) is 8.56. The highest BCUT2D eigenvalue weighted by Crippen LogP contribution is 2.67. The van der Waals surface area contributed by atoms with E-state index in [4.69, 9.17) is 9.05 Å². The molecule has 24 heavy (non-hydrogen) atoms. The van der Waals surface area contributed by atoms with E-state index in [9.17, 15) is 4.57 Å². The van der Waals surface area contributed by atoms with Crippen molar-refractivity contribution >= 4 is 29.4 Å². The van der Waals surface area contributed by atoms with Gasteiger partial charge in [0.05, 0.1) is 18.9 Å². The summed E-state index contributed by atoms with van der Waals surface area (Å²) < 4.78 is 26.5. The molecule has 0 N–H and O–H groups in total. The molecule has 3 aromatic rings. The second kappa shape index (κ2) is 6.03. The van der Waals surface area contributed by atoms with E-state index < -0.39 is 7.60 Å². The summed E-state index contributed by atoms with van der Waals surface area (Å²) in [4.78, 5) is 0. The molecule has 0 radical (unpaired) electrons. The van der Waals surface area contributed by atoms with Gasteiger partial charge in [-0.2, -0.15) is 0 Å². The summed E-state index contributed by atoms with van der Waals surface area (Å²) in [6, 6.07) is 17.0. The molecule has 2 aromatic carbocycles. The Morgan fingerprint density at radius 2 is 1.46 bits per heavy atom. The predicted molar refractivity (Wildman–Crippen MR) is 97.7 cm³/mol. The van der Waals surface area contributed by atoms with Crippen LogP contribution in [0.3, 0.4) is 0 Å². The third kappa shape index (κ3) is 2.41. The van der Waals surface area contributed by atoms with Crippen molar-refractivity contribution in [1.82, 2.24) is 4.57 Å². The van der Waals surface area contributed by atoms with Gasteiger partial charge in [-0.3, -0.25) is 4.57 Å². The van der Waals surface area contributed by atoms with Gasteiger partial charge in [-0.25, -0.2) is 0 Å². The molecule has 1 fully saturated rings. The van der Waals surface area contributed by atoms with Gasteiger partial charge in [-0.05, 0) is 32.4 Å². The molecule has 0 amide bonds. The van der Waals surface area contributed by atoms with Crippen molar-refractivity contribution < 1.29 is 13.6 Å². The number of para-hydroxylation sites is 2. The van der Waals surface area contributed by atoms with E-state index in [1.54, 1.807) is 0 Å². The van der Waals surface area contributed by atoms with Gasteiger partial charge in [0.25, 0.3) is 0 Å². The van der Waals surface area contributed by atoms with Gasteiger partial charge >= 0.3 is 7.60 Å². The first kappa shape index (κ1) is 15.9. The fraction of sp³-hybridized carbons (Fsp3) is 0.368. The third-order valence-electron chi connectivity index (χ3n) is 4.70. The van der Waals surface area contributed by atoms with Crippen LogP contribution in [0.15, 0.2) is 48.5 Å². The number of benzene rings is 2. The summed E-state index contributed by atoms with van der Waals surface area (Å²) in [5.41, 5.74) is 2.31. The molecule has 1 saturated carbocycles. The summed E-state index contributed by atoms with van der Waals surface area (Å²) in [7, 11) is -3.05. The monoisotopic (exact) mass is 343 g/mol. The number of rotatable bonds is 6. The number of hydrogen-bond acceptors (Lipinski definition) is 3. The highest BCUT2D eigenvalue weighted by Gasteiger charge is 2.54. The minimum Gasteiger partial charge on any atom is -0.336 e. The van der Waals surface area contributed by atoms with Gasteiger partial charge in [0, 0.05) is 27.8 Å². The molecule has 1 heterocycles. The van der Waals surface area contributed by atoms with E-state index in [-0.39, 0.29) is 11.7 Å². The molecule has 5 heteroatoms. The van der Waals surface area contributed by atoms with E-state index in [0.717, 1.165) is 6.42 Å². The van der Waals surface area contributed by atoms with Gasteiger partial charge in [-0.15, -0.1) is 0 Å². The lowest BCUT2D eigenvalue weighted by Crippen LogP contribution is -2.05. The number of aromatic nitrogens is 1. The maximum absolute atomic E-state index is 13.1. The average Bonchev–Trinajstić information content (AvgIpc) is 3.32. The van der Waals surface area contributed by atoms with Crippen molar-refractivity contribution in [2.24, 2.45) is 0 Å². The summed E-state index contributed by atoms with van der Waals surface area (Å²) in [6.07, 6.45) is 0.833. The van der Waals surface area contributed by atoms with Crippen LogP contribution in [0.4, 0.5) is 0 Å². The van der Waals surface area contributed by atoms with Gasteiger partial charge < -0.3 is 13.6 Å². The molecule has 2 atom stereocenters. The zero-order valence-electron chi connectivity index (χ0n) is 14.0. The molecule has 0 unspecified atom stereocenters.